The number of benzene rings is 3. The molecule has 0 fully saturated rings. The number of imidazole rings is 1. The zero-order valence-corrected chi connectivity index (χ0v) is 16.4. The van der Waals surface area contributed by atoms with Gasteiger partial charge in [-0.3, -0.25) is 4.57 Å². The zero-order valence-electron chi connectivity index (χ0n) is 16.4. The molecule has 2 aromatic heterocycles. The molecule has 0 radical (unpaired) electrons. The highest BCUT2D eigenvalue weighted by Crippen LogP contribution is 2.27. The molecule has 0 aliphatic carbocycles. The van der Waals surface area contributed by atoms with E-state index in [0.29, 0.717) is 5.95 Å². The van der Waals surface area contributed by atoms with Crippen LogP contribution in [0.1, 0.15) is 17.0 Å². The summed E-state index contributed by atoms with van der Waals surface area (Å²) in [6.45, 7) is 0.721. The lowest BCUT2D eigenvalue weighted by Gasteiger charge is -2.20. The van der Waals surface area contributed by atoms with Crippen molar-refractivity contribution in [1.82, 2.24) is 19.5 Å². The summed E-state index contributed by atoms with van der Waals surface area (Å²) in [5.74, 6) is 1.63. The maximum atomic E-state index is 4.80. The molecule has 0 aliphatic rings. The highest BCUT2D eigenvalue weighted by atomic mass is 15.2. The highest BCUT2D eigenvalue weighted by molar-refractivity contribution is 5.89. The van der Waals surface area contributed by atoms with Gasteiger partial charge in [-0.2, -0.15) is 4.98 Å². The minimum atomic E-state index is 0.206. The minimum Gasteiger partial charge on any atom is -0.368 e. The Bertz CT molecular complexity index is 1200. The van der Waals surface area contributed by atoms with Gasteiger partial charge in [-0.05, 0) is 23.3 Å². The SMILES string of the molecule is c1ccc(C(CNc2nc(-n3ccnc3)nc3ccccc23)c2ccccc2)cc1. The molecule has 1 N–H and O–H groups in total. The van der Waals surface area contributed by atoms with Gasteiger partial charge in [-0.15, -0.1) is 0 Å². The molecular weight excluding hydrogens is 370 g/mol. The van der Waals surface area contributed by atoms with Crippen molar-refractivity contribution in [2.24, 2.45) is 0 Å². The van der Waals surface area contributed by atoms with Crippen molar-refractivity contribution >= 4 is 16.7 Å². The first kappa shape index (κ1) is 18.1. The fourth-order valence-corrected chi connectivity index (χ4v) is 3.69. The number of hydrogen-bond acceptors (Lipinski definition) is 4. The van der Waals surface area contributed by atoms with Gasteiger partial charge >= 0.3 is 0 Å². The summed E-state index contributed by atoms with van der Waals surface area (Å²) >= 11 is 0. The van der Waals surface area contributed by atoms with Gasteiger partial charge in [0.25, 0.3) is 0 Å². The summed E-state index contributed by atoms with van der Waals surface area (Å²) in [5, 5.41) is 4.60. The Morgan fingerprint density at radius 1 is 0.767 bits per heavy atom. The van der Waals surface area contributed by atoms with Crippen LogP contribution in [-0.4, -0.2) is 26.1 Å². The van der Waals surface area contributed by atoms with E-state index in [4.69, 9.17) is 9.97 Å². The standard InChI is InChI=1S/C25H21N5/c1-3-9-19(10-4-1)22(20-11-5-2-6-12-20)17-27-24-21-13-7-8-14-23(21)28-25(29-24)30-16-15-26-18-30/h1-16,18,22H,17H2,(H,27,28,29). The molecule has 5 rings (SSSR count). The van der Waals surface area contributed by atoms with Crippen LogP contribution in [-0.2, 0) is 0 Å². The maximum Gasteiger partial charge on any atom is 0.237 e. The Morgan fingerprint density at radius 2 is 1.43 bits per heavy atom. The van der Waals surface area contributed by atoms with E-state index < -0.39 is 0 Å². The van der Waals surface area contributed by atoms with Gasteiger partial charge in [-0.25, -0.2) is 9.97 Å². The van der Waals surface area contributed by atoms with E-state index in [9.17, 15) is 0 Å². The van der Waals surface area contributed by atoms with E-state index in [1.807, 2.05) is 41.1 Å². The van der Waals surface area contributed by atoms with Gasteiger partial charge in [0.15, 0.2) is 0 Å². The van der Waals surface area contributed by atoms with Gasteiger partial charge in [0.2, 0.25) is 5.95 Å². The monoisotopic (exact) mass is 391 g/mol. The molecule has 0 spiro atoms. The summed E-state index contributed by atoms with van der Waals surface area (Å²) in [6.07, 6.45) is 5.29. The van der Waals surface area contributed by atoms with Gasteiger partial charge in [0.05, 0.1) is 5.52 Å². The quantitative estimate of drug-likeness (QED) is 0.440. The summed E-state index contributed by atoms with van der Waals surface area (Å²) in [5.41, 5.74) is 3.43. The molecule has 0 saturated heterocycles. The van der Waals surface area contributed by atoms with Crippen LogP contribution in [0.5, 0.6) is 0 Å². The van der Waals surface area contributed by atoms with Crippen LogP contribution >= 0.6 is 0 Å². The third-order valence-corrected chi connectivity index (χ3v) is 5.20. The lowest BCUT2D eigenvalue weighted by Crippen LogP contribution is -2.16. The maximum absolute atomic E-state index is 4.80. The summed E-state index contributed by atoms with van der Waals surface area (Å²) in [6, 6.07) is 29.2. The molecule has 3 aromatic carbocycles. The second-order valence-corrected chi connectivity index (χ2v) is 7.11. The number of aromatic nitrogens is 4. The fourth-order valence-electron chi connectivity index (χ4n) is 3.69. The molecule has 5 aromatic rings. The van der Waals surface area contributed by atoms with Crippen LogP contribution in [0.15, 0.2) is 104 Å². The average molecular weight is 391 g/mol. The zero-order chi connectivity index (χ0) is 20.2. The molecule has 0 saturated carbocycles. The van der Waals surface area contributed by atoms with Crippen molar-refractivity contribution in [3.05, 3.63) is 115 Å². The molecule has 0 aliphatic heterocycles. The van der Waals surface area contributed by atoms with E-state index in [0.717, 1.165) is 23.3 Å². The fraction of sp³-hybridized carbons (Fsp3) is 0.0800. The second-order valence-electron chi connectivity index (χ2n) is 7.11. The molecule has 5 nitrogen and oxygen atoms in total. The summed E-state index contributed by atoms with van der Waals surface area (Å²) in [7, 11) is 0. The topological polar surface area (TPSA) is 55.6 Å². The number of para-hydroxylation sites is 1. The molecule has 0 bridgehead atoms. The second kappa shape index (κ2) is 8.17. The number of nitrogens with zero attached hydrogens (tertiary/aromatic N) is 4. The Labute approximate surface area is 175 Å². The van der Waals surface area contributed by atoms with E-state index >= 15 is 0 Å². The average Bonchev–Trinajstić information content (AvgIpc) is 3.36. The Balaban J connectivity index is 1.53. The third kappa shape index (κ3) is 3.65. The molecule has 5 heteroatoms. The predicted molar refractivity (Wildman–Crippen MR) is 120 cm³/mol. The van der Waals surface area contributed by atoms with E-state index in [-0.39, 0.29) is 5.92 Å². The van der Waals surface area contributed by atoms with Gasteiger partial charge in [0, 0.05) is 30.2 Å². The van der Waals surface area contributed by atoms with E-state index in [1.165, 1.54) is 11.1 Å². The minimum absolute atomic E-state index is 0.206. The van der Waals surface area contributed by atoms with Gasteiger partial charge < -0.3 is 5.32 Å². The largest absolute Gasteiger partial charge is 0.368 e. The Hall–Kier alpha value is -3.99. The van der Waals surface area contributed by atoms with E-state index in [2.05, 4.69) is 64.9 Å². The van der Waals surface area contributed by atoms with Crippen LogP contribution in [0.2, 0.25) is 0 Å². The molecule has 0 atom stereocenters. The highest BCUT2D eigenvalue weighted by Gasteiger charge is 2.16. The Kier molecular flexibility index (Phi) is 4.92. The first-order valence-corrected chi connectivity index (χ1v) is 9.97. The first-order chi connectivity index (χ1) is 14.9. The molecule has 0 unspecified atom stereocenters. The van der Waals surface area contributed by atoms with Crippen LogP contribution in [0.4, 0.5) is 5.82 Å². The predicted octanol–water partition coefficient (Wildman–Crippen LogP) is 5.06. The number of hydrogen-bond donors (Lipinski definition) is 1. The molecule has 30 heavy (non-hydrogen) atoms. The smallest absolute Gasteiger partial charge is 0.237 e. The lowest BCUT2D eigenvalue weighted by molar-refractivity contribution is 0.845. The van der Waals surface area contributed by atoms with Crippen molar-refractivity contribution in [1.29, 1.82) is 0 Å². The third-order valence-electron chi connectivity index (χ3n) is 5.20. The first-order valence-electron chi connectivity index (χ1n) is 9.97. The van der Waals surface area contributed by atoms with Crippen molar-refractivity contribution in [2.45, 2.75) is 5.92 Å². The lowest BCUT2D eigenvalue weighted by atomic mass is 9.91. The number of nitrogens with one attached hydrogen (secondary N) is 1. The van der Waals surface area contributed by atoms with Crippen LogP contribution < -0.4 is 5.32 Å². The summed E-state index contributed by atoms with van der Waals surface area (Å²) < 4.78 is 1.82. The van der Waals surface area contributed by atoms with Crippen LogP contribution in [0.25, 0.3) is 16.9 Å². The summed E-state index contributed by atoms with van der Waals surface area (Å²) in [4.78, 5) is 13.6. The molecule has 146 valence electrons. The van der Waals surface area contributed by atoms with E-state index in [1.54, 1.807) is 12.5 Å². The van der Waals surface area contributed by atoms with Gasteiger partial charge in [-0.1, -0.05) is 72.8 Å². The number of anilines is 1. The van der Waals surface area contributed by atoms with Crippen LogP contribution in [0, 0.1) is 0 Å². The number of fused-ring (bicyclic) bond motifs is 1. The Morgan fingerprint density at radius 3 is 2.10 bits per heavy atom. The van der Waals surface area contributed by atoms with Crippen LogP contribution in [0.3, 0.4) is 0 Å². The van der Waals surface area contributed by atoms with Gasteiger partial charge in [0.1, 0.15) is 12.1 Å². The van der Waals surface area contributed by atoms with Crippen molar-refractivity contribution < 1.29 is 0 Å². The van der Waals surface area contributed by atoms with Crippen molar-refractivity contribution in [3.63, 3.8) is 0 Å². The molecular formula is C25H21N5. The van der Waals surface area contributed by atoms with Crippen molar-refractivity contribution in [3.8, 4) is 5.95 Å². The molecule has 2 heterocycles. The normalized spacial score (nSPS) is 11.1. The molecule has 0 amide bonds. The van der Waals surface area contributed by atoms with Crippen molar-refractivity contribution in [2.75, 3.05) is 11.9 Å². The number of rotatable bonds is 6.